The lowest BCUT2D eigenvalue weighted by atomic mass is 10.1. The van der Waals surface area contributed by atoms with Crippen molar-refractivity contribution in [2.45, 2.75) is 24.6 Å². The van der Waals surface area contributed by atoms with Crippen LogP contribution in [0.1, 0.15) is 5.56 Å². The second-order valence-electron chi connectivity index (χ2n) is 4.94. The SMILES string of the molecule is COc1cc(C=CC(=O)OC[C@@H]2O[C@@H](O)[C@H](O)[C@H]2O)ccc1O. The summed E-state index contributed by atoms with van der Waals surface area (Å²) in [5.74, 6) is -0.439. The predicted octanol–water partition coefficient (Wildman–Crippen LogP) is -0.604. The number of phenols is 1. The molecule has 1 aliphatic heterocycles. The van der Waals surface area contributed by atoms with Gasteiger partial charge in [0.05, 0.1) is 7.11 Å². The van der Waals surface area contributed by atoms with Crippen molar-refractivity contribution in [1.29, 1.82) is 0 Å². The maximum absolute atomic E-state index is 11.6. The third kappa shape index (κ3) is 4.20. The van der Waals surface area contributed by atoms with Crippen LogP contribution >= 0.6 is 0 Å². The molecule has 126 valence electrons. The van der Waals surface area contributed by atoms with Crippen LogP contribution in [0, 0.1) is 0 Å². The Morgan fingerprint density at radius 1 is 1.30 bits per heavy atom. The highest BCUT2D eigenvalue weighted by Gasteiger charge is 2.42. The number of esters is 1. The topological polar surface area (TPSA) is 126 Å². The van der Waals surface area contributed by atoms with Crippen LogP contribution in [-0.4, -0.2) is 64.7 Å². The highest BCUT2D eigenvalue weighted by Crippen LogP contribution is 2.26. The number of aromatic hydroxyl groups is 1. The maximum atomic E-state index is 11.6. The van der Waals surface area contributed by atoms with E-state index in [4.69, 9.17) is 14.2 Å². The fourth-order valence-electron chi connectivity index (χ4n) is 2.04. The number of methoxy groups -OCH3 is 1. The molecule has 8 nitrogen and oxygen atoms in total. The van der Waals surface area contributed by atoms with Gasteiger partial charge in [-0.15, -0.1) is 0 Å². The van der Waals surface area contributed by atoms with E-state index in [0.717, 1.165) is 6.08 Å². The minimum atomic E-state index is -1.51. The summed E-state index contributed by atoms with van der Waals surface area (Å²) in [7, 11) is 1.41. The minimum Gasteiger partial charge on any atom is -0.504 e. The molecule has 8 heteroatoms. The molecule has 0 amide bonds. The Bertz CT molecular complexity index is 585. The molecule has 0 spiro atoms. The number of benzene rings is 1. The molecule has 1 aliphatic rings. The molecule has 1 aromatic carbocycles. The normalized spacial score (nSPS) is 27.3. The van der Waals surface area contributed by atoms with Crippen LogP contribution in [0.25, 0.3) is 6.08 Å². The molecule has 0 aliphatic carbocycles. The third-order valence-corrected chi connectivity index (χ3v) is 3.34. The Labute approximate surface area is 132 Å². The molecule has 0 aromatic heterocycles. The average molecular weight is 326 g/mol. The molecule has 1 fully saturated rings. The summed E-state index contributed by atoms with van der Waals surface area (Å²) in [5.41, 5.74) is 0.611. The molecule has 2 rings (SSSR count). The Kier molecular flexibility index (Phi) is 5.56. The summed E-state index contributed by atoms with van der Waals surface area (Å²) in [5, 5.41) is 37.5. The van der Waals surface area contributed by atoms with Crippen LogP contribution < -0.4 is 4.74 Å². The van der Waals surface area contributed by atoms with Crippen molar-refractivity contribution in [3.63, 3.8) is 0 Å². The summed E-state index contributed by atoms with van der Waals surface area (Å²) in [6, 6.07) is 4.54. The first-order valence-electron chi connectivity index (χ1n) is 6.84. The van der Waals surface area contributed by atoms with Crippen molar-refractivity contribution in [3.8, 4) is 11.5 Å². The van der Waals surface area contributed by atoms with Gasteiger partial charge in [-0.2, -0.15) is 0 Å². The van der Waals surface area contributed by atoms with Crippen molar-refractivity contribution < 1.29 is 39.4 Å². The first kappa shape index (κ1) is 17.2. The molecule has 1 heterocycles. The van der Waals surface area contributed by atoms with E-state index in [1.54, 1.807) is 6.07 Å². The number of rotatable bonds is 5. The summed E-state index contributed by atoms with van der Waals surface area (Å²) in [6.07, 6.45) is -2.65. The van der Waals surface area contributed by atoms with Crippen molar-refractivity contribution in [2.24, 2.45) is 0 Å². The number of aliphatic hydroxyl groups excluding tert-OH is 3. The zero-order valence-electron chi connectivity index (χ0n) is 12.3. The van der Waals surface area contributed by atoms with Gasteiger partial charge in [0.25, 0.3) is 0 Å². The number of aliphatic hydroxyl groups is 3. The van der Waals surface area contributed by atoms with Gasteiger partial charge >= 0.3 is 5.97 Å². The highest BCUT2D eigenvalue weighted by atomic mass is 16.7. The first-order chi connectivity index (χ1) is 10.9. The van der Waals surface area contributed by atoms with Gasteiger partial charge in [0.1, 0.15) is 24.9 Å². The number of hydrogen-bond acceptors (Lipinski definition) is 8. The van der Waals surface area contributed by atoms with Crippen LogP contribution in [-0.2, 0) is 14.3 Å². The number of carbonyl (C=O) groups is 1. The Morgan fingerprint density at radius 3 is 2.65 bits per heavy atom. The van der Waals surface area contributed by atoms with Crippen LogP contribution in [0.2, 0.25) is 0 Å². The predicted molar refractivity (Wildman–Crippen MR) is 77.5 cm³/mol. The molecule has 0 bridgehead atoms. The molecule has 1 saturated heterocycles. The smallest absolute Gasteiger partial charge is 0.330 e. The van der Waals surface area contributed by atoms with E-state index in [9.17, 15) is 25.2 Å². The largest absolute Gasteiger partial charge is 0.504 e. The zero-order valence-corrected chi connectivity index (χ0v) is 12.3. The van der Waals surface area contributed by atoms with Crippen molar-refractivity contribution in [2.75, 3.05) is 13.7 Å². The number of hydrogen-bond donors (Lipinski definition) is 4. The molecule has 4 N–H and O–H groups in total. The second-order valence-corrected chi connectivity index (χ2v) is 4.94. The molecule has 23 heavy (non-hydrogen) atoms. The molecular formula is C15H18O8. The van der Waals surface area contributed by atoms with E-state index < -0.39 is 30.6 Å². The Hall–Kier alpha value is -2.13. The summed E-state index contributed by atoms with van der Waals surface area (Å²) >= 11 is 0. The average Bonchev–Trinajstić information content (AvgIpc) is 2.79. The molecule has 1 aromatic rings. The quantitative estimate of drug-likeness (QED) is 0.417. The first-order valence-corrected chi connectivity index (χ1v) is 6.84. The van der Waals surface area contributed by atoms with Gasteiger partial charge in [0.2, 0.25) is 0 Å². The number of phenolic OH excluding ortho intramolecular Hbond substituents is 1. The molecule has 0 unspecified atom stereocenters. The Balaban J connectivity index is 1.87. The van der Waals surface area contributed by atoms with E-state index in [1.807, 2.05) is 0 Å². The maximum Gasteiger partial charge on any atom is 0.330 e. The summed E-state index contributed by atoms with van der Waals surface area (Å²) in [4.78, 5) is 11.6. The van der Waals surface area contributed by atoms with Crippen LogP contribution in [0.4, 0.5) is 0 Å². The summed E-state index contributed by atoms with van der Waals surface area (Å²) < 4.78 is 14.7. The van der Waals surface area contributed by atoms with Crippen molar-refractivity contribution in [1.82, 2.24) is 0 Å². The number of carbonyl (C=O) groups excluding carboxylic acids is 1. The van der Waals surface area contributed by atoms with Gasteiger partial charge in [-0.25, -0.2) is 4.79 Å². The van der Waals surface area contributed by atoms with Gasteiger partial charge in [-0.3, -0.25) is 0 Å². The van der Waals surface area contributed by atoms with E-state index in [2.05, 4.69) is 0 Å². The van der Waals surface area contributed by atoms with Crippen molar-refractivity contribution >= 4 is 12.0 Å². The second kappa shape index (κ2) is 7.42. The van der Waals surface area contributed by atoms with Gasteiger partial charge in [0.15, 0.2) is 17.8 Å². The fourth-order valence-corrected chi connectivity index (χ4v) is 2.04. The monoisotopic (exact) mass is 326 g/mol. The number of ether oxygens (including phenoxy) is 3. The van der Waals surface area contributed by atoms with Crippen LogP contribution in [0.3, 0.4) is 0 Å². The summed E-state index contributed by atoms with van der Waals surface area (Å²) in [6.45, 7) is -0.308. The van der Waals surface area contributed by atoms with Gasteiger partial charge < -0.3 is 34.6 Å². The van der Waals surface area contributed by atoms with E-state index in [1.165, 1.54) is 25.3 Å². The van der Waals surface area contributed by atoms with Crippen molar-refractivity contribution in [3.05, 3.63) is 29.8 Å². The Morgan fingerprint density at radius 2 is 2.04 bits per heavy atom. The van der Waals surface area contributed by atoms with Gasteiger partial charge in [-0.1, -0.05) is 6.07 Å². The molecule has 4 atom stereocenters. The van der Waals surface area contributed by atoms with E-state index >= 15 is 0 Å². The van der Waals surface area contributed by atoms with Crippen LogP contribution in [0.5, 0.6) is 11.5 Å². The molecular weight excluding hydrogens is 308 g/mol. The zero-order chi connectivity index (χ0) is 17.0. The fraction of sp³-hybridized carbons (Fsp3) is 0.400. The highest BCUT2D eigenvalue weighted by molar-refractivity contribution is 5.87. The molecule has 0 saturated carbocycles. The standard InChI is InChI=1S/C15H18O8/c1-21-10-6-8(2-4-9(10)16)3-5-12(17)22-7-11-13(18)14(19)15(20)23-11/h2-6,11,13-16,18-20H,7H2,1H3/t11-,13-,14+,15+/m0/s1. The minimum absolute atomic E-state index is 0.0169. The van der Waals surface area contributed by atoms with Gasteiger partial charge in [0, 0.05) is 6.08 Å². The third-order valence-electron chi connectivity index (χ3n) is 3.34. The van der Waals surface area contributed by atoms with Gasteiger partial charge in [-0.05, 0) is 23.8 Å². The van der Waals surface area contributed by atoms with E-state index in [-0.39, 0.29) is 18.1 Å². The lowest BCUT2D eigenvalue weighted by Gasteiger charge is -2.13. The van der Waals surface area contributed by atoms with Crippen LogP contribution in [0.15, 0.2) is 24.3 Å². The lowest BCUT2D eigenvalue weighted by Crippen LogP contribution is -2.34. The molecule has 0 radical (unpaired) electrons. The lowest BCUT2D eigenvalue weighted by molar-refractivity contribution is -0.153. The van der Waals surface area contributed by atoms with E-state index in [0.29, 0.717) is 5.56 Å².